The van der Waals surface area contributed by atoms with Crippen LogP contribution in [0.2, 0.25) is 0 Å². The van der Waals surface area contributed by atoms with Crippen molar-refractivity contribution < 1.29 is 9.53 Å². The molecule has 0 radical (unpaired) electrons. The predicted octanol–water partition coefficient (Wildman–Crippen LogP) is 2.77. The number of nitrogens with two attached hydrogens (primary N) is 1. The van der Waals surface area contributed by atoms with Crippen molar-refractivity contribution >= 4 is 18.3 Å². The zero-order chi connectivity index (χ0) is 15.4. The van der Waals surface area contributed by atoms with Crippen molar-refractivity contribution in [3.63, 3.8) is 0 Å². The zero-order valence-electron chi connectivity index (χ0n) is 13.5. The van der Waals surface area contributed by atoms with E-state index in [1.165, 1.54) is 0 Å². The van der Waals surface area contributed by atoms with E-state index in [-0.39, 0.29) is 30.3 Å². The first-order valence-corrected chi connectivity index (χ1v) is 8.45. The van der Waals surface area contributed by atoms with Crippen LogP contribution in [0.15, 0.2) is 30.3 Å². The molecule has 2 saturated heterocycles. The van der Waals surface area contributed by atoms with Gasteiger partial charge in [0.25, 0.3) is 0 Å². The van der Waals surface area contributed by atoms with Crippen molar-refractivity contribution in [2.45, 2.75) is 31.8 Å². The van der Waals surface area contributed by atoms with E-state index in [2.05, 4.69) is 12.1 Å². The number of amides is 1. The van der Waals surface area contributed by atoms with Crippen molar-refractivity contribution in [3.8, 4) is 0 Å². The van der Waals surface area contributed by atoms with Crippen LogP contribution in [0.25, 0.3) is 0 Å². The van der Waals surface area contributed by atoms with Crippen LogP contribution in [0.1, 0.15) is 37.4 Å². The van der Waals surface area contributed by atoms with Crippen LogP contribution in [0.4, 0.5) is 0 Å². The normalized spacial score (nSPS) is 28.0. The van der Waals surface area contributed by atoms with Gasteiger partial charge in [0.1, 0.15) is 0 Å². The van der Waals surface area contributed by atoms with Crippen molar-refractivity contribution in [3.05, 3.63) is 35.9 Å². The molecule has 2 aliphatic rings. The summed E-state index contributed by atoms with van der Waals surface area (Å²) in [6.07, 6.45) is 4.00. The Balaban J connectivity index is 0.00000192. The number of rotatable bonds is 3. The van der Waals surface area contributed by atoms with E-state index < -0.39 is 0 Å². The Labute approximate surface area is 144 Å². The summed E-state index contributed by atoms with van der Waals surface area (Å²) < 4.78 is 5.97. The van der Waals surface area contributed by atoms with Crippen LogP contribution in [-0.4, -0.2) is 37.0 Å². The van der Waals surface area contributed by atoms with Crippen molar-refractivity contribution in [1.82, 2.24) is 4.90 Å². The highest BCUT2D eigenvalue weighted by Crippen LogP contribution is 2.35. The molecule has 2 fully saturated rings. The number of piperidine rings is 1. The standard InChI is InChI=1S/C18H26N2O2.ClH/c19-12-14-6-4-10-20(13-14)18(21)16-9-5-11-22-17(16)15-7-2-1-3-8-15;/h1-3,7-8,14,16-17H,4-6,9-13,19H2;1H. The number of nitrogens with zero attached hydrogens (tertiary/aromatic N) is 1. The molecule has 1 amide bonds. The second-order valence-corrected chi connectivity index (χ2v) is 6.48. The molecule has 0 aromatic heterocycles. The van der Waals surface area contributed by atoms with Gasteiger partial charge in [0.05, 0.1) is 12.0 Å². The molecule has 2 heterocycles. The lowest BCUT2D eigenvalue weighted by atomic mass is 9.87. The van der Waals surface area contributed by atoms with Crippen LogP contribution in [0, 0.1) is 11.8 Å². The summed E-state index contributed by atoms with van der Waals surface area (Å²) >= 11 is 0. The second-order valence-electron chi connectivity index (χ2n) is 6.48. The number of carbonyl (C=O) groups excluding carboxylic acids is 1. The average Bonchev–Trinajstić information content (AvgIpc) is 2.62. The molecule has 0 saturated carbocycles. The third kappa shape index (κ3) is 4.25. The minimum Gasteiger partial charge on any atom is -0.373 e. The maximum Gasteiger partial charge on any atom is 0.228 e. The van der Waals surface area contributed by atoms with E-state index >= 15 is 0 Å². The van der Waals surface area contributed by atoms with E-state index in [1.54, 1.807) is 0 Å². The summed E-state index contributed by atoms with van der Waals surface area (Å²) in [7, 11) is 0. The lowest BCUT2D eigenvalue weighted by Gasteiger charge is -2.38. The van der Waals surface area contributed by atoms with Gasteiger partial charge in [-0.25, -0.2) is 0 Å². The van der Waals surface area contributed by atoms with Crippen LogP contribution in [-0.2, 0) is 9.53 Å². The van der Waals surface area contributed by atoms with Gasteiger partial charge in [-0.2, -0.15) is 0 Å². The smallest absolute Gasteiger partial charge is 0.228 e. The van der Waals surface area contributed by atoms with Gasteiger partial charge in [-0.3, -0.25) is 4.79 Å². The summed E-state index contributed by atoms with van der Waals surface area (Å²) in [4.78, 5) is 15.0. The molecule has 0 aliphatic carbocycles. The molecule has 3 rings (SSSR count). The fraction of sp³-hybridized carbons (Fsp3) is 0.611. The molecule has 0 spiro atoms. The molecule has 4 nitrogen and oxygen atoms in total. The Hall–Kier alpha value is -1.10. The molecular weight excluding hydrogens is 312 g/mol. The molecule has 5 heteroatoms. The van der Waals surface area contributed by atoms with E-state index in [9.17, 15) is 4.79 Å². The molecule has 0 bridgehead atoms. The Morgan fingerprint density at radius 3 is 2.74 bits per heavy atom. The number of halogens is 1. The highest BCUT2D eigenvalue weighted by atomic mass is 35.5. The number of likely N-dealkylation sites (tertiary alicyclic amines) is 1. The maximum atomic E-state index is 13.0. The SMILES string of the molecule is Cl.NCC1CCCN(C(=O)C2CCCOC2c2ccccc2)C1. The van der Waals surface area contributed by atoms with E-state index in [4.69, 9.17) is 10.5 Å². The first kappa shape index (κ1) is 18.2. The molecule has 2 N–H and O–H groups in total. The van der Waals surface area contributed by atoms with Crippen LogP contribution in [0.3, 0.4) is 0 Å². The van der Waals surface area contributed by atoms with E-state index in [0.29, 0.717) is 12.5 Å². The molecule has 23 heavy (non-hydrogen) atoms. The van der Waals surface area contributed by atoms with Gasteiger partial charge in [0.15, 0.2) is 0 Å². The van der Waals surface area contributed by atoms with Crippen LogP contribution >= 0.6 is 12.4 Å². The topological polar surface area (TPSA) is 55.6 Å². The van der Waals surface area contributed by atoms with Crippen molar-refractivity contribution in [2.24, 2.45) is 17.6 Å². The van der Waals surface area contributed by atoms with Crippen LogP contribution < -0.4 is 5.73 Å². The van der Waals surface area contributed by atoms with Gasteiger partial charge in [-0.15, -0.1) is 12.4 Å². The zero-order valence-corrected chi connectivity index (χ0v) is 14.3. The highest BCUT2D eigenvalue weighted by Gasteiger charge is 2.36. The third-order valence-electron chi connectivity index (χ3n) is 4.93. The maximum absolute atomic E-state index is 13.0. The lowest BCUT2D eigenvalue weighted by molar-refractivity contribution is -0.147. The van der Waals surface area contributed by atoms with Crippen molar-refractivity contribution in [1.29, 1.82) is 0 Å². The highest BCUT2D eigenvalue weighted by molar-refractivity contribution is 5.85. The first-order valence-electron chi connectivity index (χ1n) is 8.45. The molecule has 1 aromatic rings. The van der Waals surface area contributed by atoms with Gasteiger partial charge >= 0.3 is 0 Å². The quantitative estimate of drug-likeness (QED) is 0.922. The molecular formula is C18H27ClN2O2. The fourth-order valence-electron chi connectivity index (χ4n) is 3.70. The van der Waals surface area contributed by atoms with E-state index in [1.807, 2.05) is 23.1 Å². The first-order chi connectivity index (χ1) is 10.8. The number of ether oxygens (including phenoxy) is 1. The second kappa shape index (κ2) is 8.67. The fourth-order valence-corrected chi connectivity index (χ4v) is 3.70. The van der Waals surface area contributed by atoms with Crippen LogP contribution in [0.5, 0.6) is 0 Å². The van der Waals surface area contributed by atoms with Gasteiger partial charge in [0, 0.05) is 19.7 Å². The number of hydrogen-bond donors (Lipinski definition) is 1. The van der Waals surface area contributed by atoms with E-state index in [0.717, 1.165) is 50.9 Å². The number of carbonyl (C=O) groups is 1. The lowest BCUT2D eigenvalue weighted by Crippen LogP contribution is -2.46. The van der Waals surface area contributed by atoms with Gasteiger partial charge in [0.2, 0.25) is 5.91 Å². The molecule has 128 valence electrons. The summed E-state index contributed by atoms with van der Waals surface area (Å²) in [6.45, 7) is 3.10. The summed E-state index contributed by atoms with van der Waals surface area (Å²) in [6, 6.07) is 10.2. The summed E-state index contributed by atoms with van der Waals surface area (Å²) in [5, 5.41) is 0. The third-order valence-corrected chi connectivity index (χ3v) is 4.93. The summed E-state index contributed by atoms with van der Waals surface area (Å²) in [5.74, 6) is 0.664. The molecule has 3 unspecified atom stereocenters. The Morgan fingerprint density at radius 1 is 1.22 bits per heavy atom. The Kier molecular flexibility index (Phi) is 6.88. The minimum absolute atomic E-state index is 0. The molecule has 2 aliphatic heterocycles. The number of benzene rings is 1. The van der Waals surface area contributed by atoms with Crippen molar-refractivity contribution in [2.75, 3.05) is 26.2 Å². The minimum atomic E-state index is -0.0966. The average molecular weight is 339 g/mol. The molecule has 1 aromatic carbocycles. The monoisotopic (exact) mass is 338 g/mol. The predicted molar refractivity (Wildman–Crippen MR) is 93.5 cm³/mol. The Morgan fingerprint density at radius 2 is 2.00 bits per heavy atom. The largest absolute Gasteiger partial charge is 0.373 e. The van der Waals surface area contributed by atoms with Gasteiger partial charge in [-0.1, -0.05) is 30.3 Å². The summed E-state index contributed by atoms with van der Waals surface area (Å²) in [5.41, 5.74) is 6.92. The Bertz CT molecular complexity index is 497. The number of hydrogen-bond acceptors (Lipinski definition) is 3. The van der Waals surface area contributed by atoms with Gasteiger partial charge in [-0.05, 0) is 43.7 Å². The van der Waals surface area contributed by atoms with Gasteiger partial charge < -0.3 is 15.4 Å². The molecule has 3 atom stereocenters.